The molecule has 2 aliphatic rings. The topological polar surface area (TPSA) is 73.2 Å². The predicted molar refractivity (Wildman–Crippen MR) is 135 cm³/mol. The zero-order chi connectivity index (χ0) is 22.8. The van der Waals surface area contributed by atoms with Gasteiger partial charge in [-0.05, 0) is 49.4 Å². The van der Waals surface area contributed by atoms with Gasteiger partial charge in [-0.25, -0.2) is 9.78 Å². The summed E-state index contributed by atoms with van der Waals surface area (Å²) >= 11 is 0. The summed E-state index contributed by atoms with van der Waals surface area (Å²) in [6.07, 6.45) is 9.60. The van der Waals surface area contributed by atoms with Crippen LogP contribution in [-0.2, 0) is 16.0 Å². The number of carbonyl (C=O) groups excluding carboxylic acids is 2. The largest absolute Gasteiger partial charge is 0.465 e. The van der Waals surface area contributed by atoms with Crippen molar-refractivity contribution in [2.75, 3.05) is 7.11 Å². The maximum Gasteiger partial charge on any atom is 0.337 e. The van der Waals surface area contributed by atoms with Crippen LogP contribution in [0.4, 0.5) is 0 Å². The standard InChI is InChI=1S/C27H31N3O3.ClH/c1-33-27(32)19-15-13-18(14-16-19)26-29-25-20(17-24(31)28-21-8-2-3-9-21)7-6-12-23(25)30(26)22-10-4-5-11-22;/h6-7,12-16,21-22H,2-5,8-11,17H2,1H3,(H,28,31);1H. The molecular formula is C27H32ClN3O3. The van der Waals surface area contributed by atoms with E-state index < -0.39 is 0 Å². The Bertz CT molecular complexity index is 1160. The number of halogens is 1. The SMILES string of the molecule is COC(=O)c1ccc(-c2nc3c(CC(=O)NC4CCCC4)cccc3n2C2CCCC2)cc1.Cl. The lowest BCUT2D eigenvalue weighted by molar-refractivity contribution is -0.121. The van der Waals surface area contributed by atoms with Gasteiger partial charge in [0.05, 0.1) is 30.1 Å². The van der Waals surface area contributed by atoms with Crippen LogP contribution in [0.3, 0.4) is 0 Å². The first-order chi connectivity index (χ1) is 16.1. The monoisotopic (exact) mass is 481 g/mol. The van der Waals surface area contributed by atoms with Crippen LogP contribution in [0.1, 0.15) is 73.3 Å². The molecule has 2 aromatic carbocycles. The van der Waals surface area contributed by atoms with Crippen molar-refractivity contribution in [3.8, 4) is 11.4 Å². The lowest BCUT2D eigenvalue weighted by atomic mass is 10.1. The Balaban J connectivity index is 0.00000274. The van der Waals surface area contributed by atoms with Crippen molar-refractivity contribution in [1.82, 2.24) is 14.9 Å². The van der Waals surface area contributed by atoms with E-state index in [0.717, 1.165) is 53.7 Å². The van der Waals surface area contributed by atoms with E-state index in [1.54, 1.807) is 12.1 Å². The lowest BCUT2D eigenvalue weighted by Crippen LogP contribution is -2.33. The average Bonchev–Trinajstić information content (AvgIpc) is 3.59. The van der Waals surface area contributed by atoms with E-state index in [2.05, 4.69) is 16.0 Å². The number of esters is 1. The van der Waals surface area contributed by atoms with Crippen LogP contribution in [0.2, 0.25) is 0 Å². The number of methoxy groups -OCH3 is 1. The number of benzene rings is 2. The molecule has 1 aromatic heterocycles. The van der Waals surface area contributed by atoms with Gasteiger partial charge < -0.3 is 14.6 Å². The fraction of sp³-hybridized carbons (Fsp3) is 0.444. The Kier molecular flexibility index (Phi) is 7.57. The van der Waals surface area contributed by atoms with Crippen molar-refractivity contribution >= 4 is 35.3 Å². The second-order valence-corrected chi connectivity index (χ2v) is 9.32. The molecule has 0 saturated heterocycles. The van der Waals surface area contributed by atoms with Gasteiger partial charge in [0.2, 0.25) is 5.91 Å². The number of imidazole rings is 1. The van der Waals surface area contributed by atoms with Crippen molar-refractivity contribution in [2.24, 2.45) is 0 Å². The van der Waals surface area contributed by atoms with E-state index in [1.807, 2.05) is 24.3 Å². The maximum atomic E-state index is 12.8. The molecule has 0 spiro atoms. The van der Waals surface area contributed by atoms with Crippen LogP contribution in [0, 0.1) is 0 Å². The van der Waals surface area contributed by atoms with E-state index in [-0.39, 0.29) is 24.3 Å². The molecule has 0 bridgehead atoms. The Hall–Kier alpha value is -2.86. The minimum Gasteiger partial charge on any atom is -0.465 e. The van der Waals surface area contributed by atoms with Crippen molar-refractivity contribution in [1.29, 1.82) is 0 Å². The number of aromatic nitrogens is 2. The van der Waals surface area contributed by atoms with E-state index in [4.69, 9.17) is 9.72 Å². The Morgan fingerprint density at radius 2 is 1.68 bits per heavy atom. The molecule has 1 amide bonds. The number of fused-ring (bicyclic) bond motifs is 1. The molecule has 0 unspecified atom stereocenters. The number of para-hydroxylation sites is 1. The first-order valence-electron chi connectivity index (χ1n) is 12.1. The molecule has 1 heterocycles. The fourth-order valence-corrected chi connectivity index (χ4v) is 5.45. The highest BCUT2D eigenvalue weighted by Crippen LogP contribution is 2.37. The zero-order valence-electron chi connectivity index (χ0n) is 19.6. The molecular weight excluding hydrogens is 450 g/mol. The second-order valence-electron chi connectivity index (χ2n) is 9.32. The third kappa shape index (κ3) is 4.83. The Labute approximate surface area is 206 Å². The van der Waals surface area contributed by atoms with E-state index in [1.165, 1.54) is 32.8 Å². The molecule has 6 nitrogen and oxygen atoms in total. The van der Waals surface area contributed by atoms with E-state index in [0.29, 0.717) is 24.1 Å². The van der Waals surface area contributed by atoms with Crippen LogP contribution < -0.4 is 5.32 Å². The molecule has 180 valence electrons. The first kappa shape index (κ1) is 24.3. The van der Waals surface area contributed by atoms with Crippen LogP contribution in [0.25, 0.3) is 22.4 Å². The minimum absolute atomic E-state index is 0. The summed E-state index contributed by atoms with van der Waals surface area (Å²) in [6, 6.07) is 14.3. The van der Waals surface area contributed by atoms with Gasteiger partial charge in [-0.15, -0.1) is 12.4 Å². The molecule has 34 heavy (non-hydrogen) atoms. The predicted octanol–water partition coefficient (Wildman–Crippen LogP) is 5.63. The van der Waals surface area contributed by atoms with Crippen molar-refractivity contribution in [2.45, 2.75) is 69.9 Å². The molecule has 2 fully saturated rings. The van der Waals surface area contributed by atoms with Gasteiger partial charge in [-0.3, -0.25) is 4.79 Å². The molecule has 7 heteroatoms. The summed E-state index contributed by atoms with van der Waals surface area (Å²) in [6.45, 7) is 0. The highest BCUT2D eigenvalue weighted by Gasteiger charge is 2.25. The quantitative estimate of drug-likeness (QED) is 0.463. The summed E-state index contributed by atoms with van der Waals surface area (Å²) in [7, 11) is 1.39. The minimum atomic E-state index is -0.346. The molecule has 5 rings (SSSR count). The summed E-state index contributed by atoms with van der Waals surface area (Å²) in [4.78, 5) is 29.7. The molecule has 2 aliphatic carbocycles. The fourth-order valence-electron chi connectivity index (χ4n) is 5.45. The smallest absolute Gasteiger partial charge is 0.337 e. The average molecular weight is 482 g/mol. The summed E-state index contributed by atoms with van der Waals surface area (Å²) < 4.78 is 7.19. The number of amides is 1. The number of rotatable bonds is 6. The van der Waals surface area contributed by atoms with Gasteiger partial charge in [-0.2, -0.15) is 0 Å². The molecule has 0 radical (unpaired) electrons. The highest BCUT2D eigenvalue weighted by atomic mass is 35.5. The van der Waals surface area contributed by atoms with Gasteiger partial charge in [0, 0.05) is 17.6 Å². The number of carbonyl (C=O) groups is 2. The number of nitrogens with zero attached hydrogens (tertiary/aromatic N) is 2. The van der Waals surface area contributed by atoms with Crippen LogP contribution >= 0.6 is 12.4 Å². The van der Waals surface area contributed by atoms with Gasteiger partial charge >= 0.3 is 5.97 Å². The zero-order valence-corrected chi connectivity index (χ0v) is 20.4. The third-order valence-corrected chi connectivity index (χ3v) is 7.13. The second kappa shape index (κ2) is 10.6. The van der Waals surface area contributed by atoms with Crippen molar-refractivity contribution < 1.29 is 14.3 Å². The number of hydrogen-bond acceptors (Lipinski definition) is 4. The summed E-state index contributed by atoms with van der Waals surface area (Å²) in [5.74, 6) is 0.632. The number of hydrogen-bond donors (Lipinski definition) is 1. The van der Waals surface area contributed by atoms with Gasteiger partial charge in [-0.1, -0.05) is 49.9 Å². The highest BCUT2D eigenvalue weighted by molar-refractivity contribution is 5.91. The van der Waals surface area contributed by atoms with Gasteiger partial charge in [0.1, 0.15) is 5.82 Å². The van der Waals surface area contributed by atoms with Crippen molar-refractivity contribution in [3.05, 3.63) is 53.6 Å². The Morgan fingerprint density at radius 3 is 2.35 bits per heavy atom. The molecule has 0 atom stereocenters. The van der Waals surface area contributed by atoms with Crippen LogP contribution in [0.5, 0.6) is 0 Å². The van der Waals surface area contributed by atoms with Gasteiger partial charge in [0.15, 0.2) is 0 Å². The molecule has 3 aromatic rings. The lowest BCUT2D eigenvalue weighted by Gasteiger charge is -2.17. The van der Waals surface area contributed by atoms with E-state index in [9.17, 15) is 9.59 Å². The van der Waals surface area contributed by atoms with E-state index >= 15 is 0 Å². The number of nitrogens with one attached hydrogen (secondary N) is 1. The van der Waals surface area contributed by atoms with Crippen molar-refractivity contribution in [3.63, 3.8) is 0 Å². The number of ether oxygens (including phenoxy) is 1. The maximum absolute atomic E-state index is 12.8. The summed E-state index contributed by atoms with van der Waals surface area (Å²) in [5, 5.41) is 3.21. The van der Waals surface area contributed by atoms with Crippen LogP contribution in [0.15, 0.2) is 42.5 Å². The summed E-state index contributed by atoms with van der Waals surface area (Å²) in [5.41, 5.74) is 4.44. The molecule has 0 aliphatic heterocycles. The Morgan fingerprint density at radius 1 is 1.00 bits per heavy atom. The first-order valence-corrected chi connectivity index (χ1v) is 12.1. The van der Waals surface area contributed by atoms with Gasteiger partial charge in [0.25, 0.3) is 0 Å². The molecule has 1 N–H and O–H groups in total. The molecule has 2 saturated carbocycles. The van der Waals surface area contributed by atoms with Crippen LogP contribution in [-0.4, -0.2) is 34.6 Å². The third-order valence-electron chi connectivity index (χ3n) is 7.13. The normalized spacial score (nSPS) is 16.5.